The van der Waals surface area contributed by atoms with Crippen LogP contribution in [0.5, 0.6) is 0 Å². The van der Waals surface area contributed by atoms with E-state index < -0.39 is 0 Å². The van der Waals surface area contributed by atoms with Gasteiger partial charge in [0.1, 0.15) is 0 Å². The first-order valence-corrected chi connectivity index (χ1v) is 8.44. The second-order valence-corrected chi connectivity index (χ2v) is 6.03. The molecule has 0 aromatic carbocycles. The highest BCUT2D eigenvalue weighted by atomic mass is 16.5. The second kappa shape index (κ2) is 10.9. The number of morpholine rings is 1. The van der Waals surface area contributed by atoms with Gasteiger partial charge < -0.3 is 15.4 Å². The molecule has 0 bridgehead atoms. The van der Waals surface area contributed by atoms with Crippen molar-refractivity contribution in [3.63, 3.8) is 0 Å². The number of nitrogens with one attached hydrogen (secondary N) is 2. The molecule has 1 atom stereocenters. The average molecular weight is 298 g/mol. The lowest BCUT2D eigenvalue weighted by molar-refractivity contribution is 0.0320. The van der Waals surface area contributed by atoms with E-state index in [0.29, 0.717) is 5.92 Å². The van der Waals surface area contributed by atoms with Crippen molar-refractivity contribution in [2.24, 2.45) is 16.8 Å². The van der Waals surface area contributed by atoms with E-state index in [4.69, 9.17) is 4.74 Å². The van der Waals surface area contributed by atoms with Gasteiger partial charge in [-0.25, -0.2) is 0 Å². The molecule has 0 aromatic rings. The maximum atomic E-state index is 5.39. The van der Waals surface area contributed by atoms with E-state index in [0.717, 1.165) is 57.8 Å². The summed E-state index contributed by atoms with van der Waals surface area (Å²) >= 11 is 0. The number of guanidine groups is 1. The van der Waals surface area contributed by atoms with Crippen molar-refractivity contribution < 1.29 is 4.74 Å². The van der Waals surface area contributed by atoms with E-state index in [1.54, 1.807) is 0 Å². The molecule has 1 unspecified atom stereocenters. The maximum absolute atomic E-state index is 5.39. The fourth-order valence-corrected chi connectivity index (χ4v) is 2.60. The lowest BCUT2D eigenvalue weighted by Crippen LogP contribution is -2.44. The SMILES string of the molecule is CCC(CC)CNC(=NC)NCC(C)CN1CCOCC1. The molecule has 1 rings (SSSR count). The van der Waals surface area contributed by atoms with Crippen LogP contribution in [0.1, 0.15) is 33.6 Å². The molecule has 0 saturated carbocycles. The van der Waals surface area contributed by atoms with Gasteiger partial charge in [0.2, 0.25) is 0 Å². The van der Waals surface area contributed by atoms with Gasteiger partial charge in [-0.1, -0.05) is 33.6 Å². The Morgan fingerprint density at radius 2 is 1.76 bits per heavy atom. The van der Waals surface area contributed by atoms with Crippen LogP contribution in [0.3, 0.4) is 0 Å². The highest BCUT2D eigenvalue weighted by Gasteiger charge is 2.14. The number of nitrogens with zero attached hydrogens (tertiary/aromatic N) is 2. The molecule has 5 heteroatoms. The Morgan fingerprint density at radius 1 is 1.14 bits per heavy atom. The molecule has 2 N–H and O–H groups in total. The first-order valence-electron chi connectivity index (χ1n) is 8.44. The molecule has 1 fully saturated rings. The minimum atomic E-state index is 0.606. The van der Waals surface area contributed by atoms with Gasteiger partial charge in [-0.15, -0.1) is 0 Å². The molecular weight excluding hydrogens is 264 g/mol. The number of hydrogen-bond donors (Lipinski definition) is 2. The van der Waals surface area contributed by atoms with Crippen LogP contribution in [0, 0.1) is 11.8 Å². The van der Waals surface area contributed by atoms with Crippen molar-refractivity contribution >= 4 is 5.96 Å². The summed E-state index contributed by atoms with van der Waals surface area (Å²) in [4.78, 5) is 6.79. The van der Waals surface area contributed by atoms with Crippen LogP contribution >= 0.6 is 0 Å². The minimum Gasteiger partial charge on any atom is -0.379 e. The molecule has 0 radical (unpaired) electrons. The van der Waals surface area contributed by atoms with Crippen LogP contribution in [0.2, 0.25) is 0 Å². The first-order chi connectivity index (χ1) is 10.2. The highest BCUT2D eigenvalue weighted by molar-refractivity contribution is 5.79. The van der Waals surface area contributed by atoms with Crippen molar-refractivity contribution in [2.45, 2.75) is 33.6 Å². The molecular formula is C16H34N4O. The standard InChI is InChI=1S/C16H34N4O/c1-5-15(6-2)12-19-16(17-4)18-11-14(3)13-20-7-9-21-10-8-20/h14-15H,5-13H2,1-4H3,(H2,17,18,19). The van der Waals surface area contributed by atoms with Gasteiger partial charge in [-0.05, 0) is 11.8 Å². The van der Waals surface area contributed by atoms with Gasteiger partial charge in [0.25, 0.3) is 0 Å². The van der Waals surface area contributed by atoms with E-state index >= 15 is 0 Å². The van der Waals surface area contributed by atoms with E-state index in [2.05, 4.69) is 41.3 Å². The fraction of sp³-hybridized carbons (Fsp3) is 0.938. The summed E-state index contributed by atoms with van der Waals surface area (Å²) < 4.78 is 5.39. The van der Waals surface area contributed by atoms with Crippen LogP contribution in [-0.2, 0) is 4.74 Å². The molecule has 0 amide bonds. The molecule has 5 nitrogen and oxygen atoms in total. The van der Waals surface area contributed by atoms with Crippen LogP contribution in [-0.4, -0.2) is 63.8 Å². The lowest BCUT2D eigenvalue weighted by atomic mass is 10.0. The molecule has 1 aliphatic rings. The summed E-state index contributed by atoms with van der Waals surface area (Å²) in [6.45, 7) is 13.7. The Labute approximate surface area is 130 Å². The third-order valence-corrected chi connectivity index (χ3v) is 4.23. The molecule has 124 valence electrons. The smallest absolute Gasteiger partial charge is 0.190 e. The predicted molar refractivity (Wildman–Crippen MR) is 89.9 cm³/mol. The predicted octanol–water partition coefficient (Wildman–Crippen LogP) is 1.56. The Hall–Kier alpha value is -0.810. The zero-order valence-corrected chi connectivity index (χ0v) is 14.3. The van der Waals surface area contributed by atoms with Gasteiger partial charge in [-0.3, -0.25) is 9.89 Å². The Balaban J connectivity index is 2.20. The average Bonchev–Trinajstić information content (AvgIpc) is 2.52. The molecule has 1 saturated heterocycles. The number of hydrogen-bond acceptors (Lipinski definition) is 3. The number of aliphatic imine (C=N–C) groups is 1. The van der Waals surface area contributed by atoms with Crippen molar-refractivity contribution in [1.82, 2.24) is 15.5 Å². The quantitative estimate of drug-likeness (QED) is 0.527. The Kier molecular flexibility index (Phi) is 9.42. The molecule has 21 heavy (non-hydrogen) atoms. The van der Waals surface area contributed by atoms with Crippen molar-refractivity contribution in [3.8, 4) is 0 Å². The fourth-order valence-electron chi connectivity index (χ4n) is 2.60. The zero-order chi connectivity index (χ0) is 15.5. The molecule has 0 aliphatic carbocycles. The van der Waals surface area contributed by atoms with Crippen molar-refractivity contribution in [2.75, 3.05) is 53.0 Å². The Morgan fingerprint density at radius 3 is 2.33 bits per heavy atom. The van der Waals surface area contributed by atoms with Crippen LogP contribution < -0.4 is 10.6 Å². The monoisotopic (exact) mass is 298 g/mol. The van der Waals surface area contributed by atoms with Crippen molar-refractivity contribution in [3.05, 3.63) is 0 Å². The zero-order valence-electron chi connectivity index (χ0n) is 14.3. The summed E-state index contributed by atoms with van der Waals surface area (Å²) in [5.41, 5.74) is 0. The van der Waals surface area contributed by atoms with Gasteiger partial charge in [0.15, 0.2) is 5.96 Å². The topological polar surface area (TPSA) is 48.9 Å². The Bertz CT molecular complexity index is 286. The van der Waals surface area contributed by atoms with E-state index in [9.17, 15) is 0 Å². The van der Waals surface area contributed by atoms with Crippen LogP contribution in [0.25, 0.3) is 0 Å². The lowest BCUT2D eigenvalue weighted by Gasteiger charge is -2.29. The highest BCUT2D eigenvalue weighted by Crippen LogP contribution is 2.05. The third-order valence-electron chi connectivity index (χ3n) is 4.23. The second-order valence-electron chi connectivity index (χ2n) is 6.03. The summed E-state index contributed by atoms with van der Waals surface area (Å²) in [5.74, 6) is 2.26. The van der Waals surface area contributed by atoms with Crippen molar-refractivity contribution in [1.29, 1.82) is 0 Å². The molecule has 1 aliphatic heterocycles. The summed E-state index contributed by atoms with van der Waals surface area (Å²) in [5, 5.41) is 6.88. The van der Waals surface area contributed by atoms with E-state index in [-0.39, 0.29) is 0 Å². The van der Waals surface area contributed by atoms with E-state index in [1.807, 2.05) is 7.05 Å². The van der Waals surface area contributed by atoms with Gasteiger partial charge >= 0.3 is 0 Å². The molecule has 0 spiro atoms. The van der Waals surface area contributed by atoms with Crippen LogP contribution in [0.15, 0.2) is 4.99 Å². The summed E-state index contributed by atoms with van der Waals surface area (Å²) in [6.07, 6.45) is 2.43. The normalized spacial score (nSPS) is 18.8. The maximum Gasteiger partial charge on any atom is 0.190 e. The minimum absolute atomic E-state index is 0.606. The van der Waals surface area contributed by atoms with Gasteiger partial charge in [0, 0.05) is 39.8 Å². The number of ether oxygens (including phenoxy) is 1. The molecule has 0 aromatic heterocycles. The first kappa shape index (κ1) is 18.2. The van der Waals surface area contributed by atoms with E-state index in [1.165, 1.54) is 12.8 Å². The summed E-state index contributed by atoms with van der Waals surface area (Å²) in [6, 6.07) is 0. The van der Waals surface area contributed by atoms with Gasteiger partial charge in [0.05, 0.1) is 13.2 Å². The summed E-state index contributed by atoms with van der Waals surface area (Å²) in [7, 11) is 1.84. The van der Waals surface area contributed by atoms with Crippen LogP contribution in [0.4, 0.5) is 0 Å². The molecule has 1 heterocycles. The largest absolute Gasteiger partial charge is 0.379 e. The third kappa shape index (κ3) is 7.67. The van der Waals surface area contributed by atoms with Gasteiger partial charge in [-0.2, -0.15) is 0 Å². The number of rotatable bonds is 8.